The zero-order chi connectivity index (χ0) is 15.3. The Morgan fingerprint density at radius 3 is 2.67 bits per heavy atom. The fourth-order valence-corrected chi connectivity index (χ4v) is 3.41. The number of benzene rings is 1. The predicted molar refractivity (Wildman–Crippen MR) is 87.3 cm³/mol. The molecule has 2 unspecified atom stereocenters. The third kappa shape index (κ3) is 3.57. The molecular formula is C17H29N3O. The van der Waals surface area contributed by atoms with Gasteiger partial charge in [-0.2, -0.15) is 0 Å². The highest BCUT2D eigenvalue weighted by Crippen LogP contribution is 2.29. The summed E-state index contributed by atoms with van der Waals surface area (Å²) in [6, 6.07) is 8.50. The van der Waals surface area contributed by atoms with Gasteiger partial charge in [0.25, 0.3) is 0 Å². The van der Waals surface area contributed by atoms with Crippen molar-refractivity contribution in [1.29, 1.82) is 0 Å². The highest BCUT2D eigenvalue weighted by molar-refractivity contribution is 5.29. The minimum atomic E-state index is 0.0916. The summed E-state index contributed by atoms with van der Waals surface area (Å²) in [5.74, 6) is 6.82. The number of hydrogen-bond acceptors (Lipinski definition) is 4. The summed E-state index contributed by atoms with van der Waals surface area (Å²) >= 11 is 0. The lowest BCUT2D eigenvalue weighted by Gasteiger charge is -2.44. The Morgan fingerprint density at radius 2 is 2.10 bits per heavy atom. The molecule has 0 aromatic heterocycles. The smallest absolute Gasteiger partial charge is 0.119 e. The van der Waals surface area contributed by atoms with Crippen LogP contribution in [0.15, 0.2) is 24.3 Å². The number of hydrogen-bond donors (Lipinski definition) is 2. The molecule has 118 valence electrons. The van der Waals surface area contributed by atoms with Gasteiger partial charge in [0.15, 0.2) is 0 Å². The Labute approximate surface area is 128 Å². The molecule has 0 spiro atoms. The number of likely N-dealkylation sites (tertiary alicyclic amines) is 1. The van der Waals surface area contributed by atoms with Crippen molar-refractivity contribution in [3.63, 3.8) is 0 Å². The molecule has 21 heavy (non-hydrogen) atoms. The minimum absolute atomic E-state index is 0.0916. The van der Waals surface area contributed by atoms with Crippen LogP contribution in [0.2, 0.25) is 0 Å². The molecule has 0 aliphatic carbocycles. The van der Waals surface area contributed by atoms with Gasteiger partial charge in [-0.25, -0.2) is 0 Å². The van der Waals surface area contributed by atoms with Gasteiger partial charge in [-0.15, -0.1) is 0 Å². The second-order valence-electron chi connectivity index (χ2n) is 6.18. The van der Waals surface area contributed by atoms with Gasteiger partial charge in [0.05, 0.1) is 7.11 Å². The quantitative estimate of drug-likeness (QED) is 0.598. The second kappa shape index (κ2) is 7.25. The van der Waals surface area contributed by atoms with Crippen LogP contribution in [0.4, 0.5) is 0 Å². The molecule has 4 nitrogen and oxygen atoms in total. The molecule has 1 aromatic carbocycles. The number of nitrogens with one attached hydrogen (secondary N) is 1. The van der Waals surface area contributed by atoms with E-state index in [-0.39, 0.29) is 11.6 Å². The summed E-state index contributed by atoms with van der Waals surface area (Å²) < 4.78 is 5.32. The van der Waals surface area contributed by atoms with E-state index in [2.05, 4.69) is 36.3 Å². The van der Waals surface area contributed by atoms with Crippen molar-refractivity contribution in [3.8, 4) is 5.75 Å². The van der Waals surface area contributed by atoms with Crippen molar-refractivity contribution in [3.05, 3.63) is 29.8 Å². The molecule has 3 N–H and O–H groups in total. The Morgan fingerprint density at radius 1 is 1.38 bits per heavy atom. The van der Waals surface area contributed by atoms with Gasteiger partial charge >= 0.3 is 0 Å². The first-order valence-electron chi connectivity index (χ1n) is 7.98. The summed E-state index contributed by atoms with van der Waals surface area (Å²) in [6.07, 6.45) is 4.60. The van der Waals surface area contributed by atoms with Crippen LogP contribution in [0, 0.1) is 0 Å². The molecule has 0 amide bonds. The molecule has 4 heteroatoms. The number of hydrazine groups is 1. The SMILES string of the molecule is CCC(C)(C(Cc1cccc(OC)c1)NN)N1CCCC1. The summed E-state index contributed by atoms with van der Waals surface area (Å²) in [6.45, 7) is 6.96. The second-order valence-corrected chi connectivity index (χ2v) is 6.18. The zero-order valence-corrected chi connectivity index (χ0v) is 13.6. The van der Waals surface area contributed by atoms with Gasteiger partial charge in [0, 0.05) is 11.6 Å². The van der Waals surface area contributed by atoms with Crippen molar-refractivity contribution in [1.82, 2.24) is 10.3 Å². The maximum atomic E-state index is 5.91. The monoisotopic (exact) mass is 291 g/mol. The van der Waals surface area contributed by atoms with Gasteiger partial charge in [0.1, 0.15) is 5.75 Å². The first-order chi connectivity index (χ1) is 10.1. The first-order valence-corrected chi connectivity index (χ1v) is 7.98. The molecule has 1 saturated heterocycles. The van der Waals surface area contributed by atoms with Gasteiger partial charge in [0.2, 0.25) is 0 Å². The van der Waals surface area contributed by atoms with Crippen LogP contribution in [0.25, 0.3) is 0 Å². The van der Waals surface area contributed by atoms with Gasteiger partial charge in [-0.1, -0.05) is 19.1 Å². The molecule has 1 aliphatic rings. The Bertz CT molecular complexity index is 445. The van der Waals surface area contributed by atoms with Crippen LogP contribution >= 0.6 is 0 Å². The lowest BCUT2D eigenvalue weighted by molar-refractivity contribution is 0.0840. The van der Waals surface area contributed by atoms with E-state index in [9.17, 15) is 0 Å². The lowest BCUT2D eigenvalue weighted by atomic mass is 9.84. The van der Waals surface area contributed by atoms with Crippen molar-refractivity contribution < 1.29 is 4.74 Å². The van der Waals surface area contributed by atoms with Crippen LogP contribution in [-0.2, 0) is 6.42 Å². The summed E-state index contributed by atoms with van der Waals surface area (Å²) in [7, 11) is 1.71. The van der Waals surface area contributed by atoms with Crippen molar-refractivity contribution in [2.24, 2.45) is 5.84 Å². The first kappa shape index (κ1) is 16.3. The molecule has 2 rings (SSSR count). The Balaban J connectivity index is 2.16. The fourth-order valence-electron chi connectivity index (χ4n) is 3.41. The van der Waals surface area contributed by atoms with Gasteiger partial charge in [-0.05, 0) is 63.4 Å². The van der Waals surface area contributed by atoms with Crippen LogP contribution in [0.3, 0.4) is 0 Å². The Hall–Kier alpha value is -1.10. The molecule has 1 heterocycles. The minimum Gasteiger partial charge on any atom is -0.497 e. The largest absolute Gasteiger partial charge is 0.497 e. The number of nitrogens with two attached hydrogens (primary N) is 1. The number of ether oxygens (including phenoxy) is 1. The fraction of sp³-hybridized carbons (Fsp3) is 0.647. The molecule has 0 saturated carbocycles. The van der Waals surface area contributed by atoms with E-state index in [1.807, 2.05) is 12.1 Å². The van der Waals surface area contributed by atoms with Crippen LogP contribution in [0.1, 0.15) is 38.7 Å². The maximum Gasteiger partial charge on any atom is 0.119 e. The molecule has 0 radical (unpaired) electrons. The number of nitrogens with zero attached hydrogens (tertiary/aromatic N) is 1. The third-order valence-electron chi connectivity index (χ3n) is 5.07. The standard InChI is InChI=1S/C17H29N3O/c1-4-17(2,20-10-5-6-11-20)16(19-18)13-14-8-7-9-15(12-14)21-3/h7-9,12,16,19H,4-6,10-11,13,18H2,1-3H3. The molecule has 1 fully saturated rings. The van der Waals surface area contributed by atoms with E-state index < -0.39 is 0 Å². The van der Waals surface area contributed by atoms with Crippen molar-refractivity contribution >= 4 is 0 Å². The Kier molecular flexibility index (Phi) is 5.62. The van der Waals surface area contributed by atoms with Crippen molar-refractivity contribution in [2.45, 2.75) is 51.1 Å². The molecule has 1 aliphatic heterocycles. The van der Waals surface area contributed by atoms with E-state index in [1.165, 1.54) is 31.5 Å². The van der Waals surface area contributed by atoms with E-state index in [0.29, 0.717) is 0 Å². The number of rotatable bonds is 7. The van der Waals surface area contributed by atoms with Gasteiger partial charge < -0.3 is 4.74 Å². The maximum absolute atomic E-state index is 5.91. The summed E-state index contributed by atoms with van der Waals surface area (Å²) in [5, 5.41) is 0. The molecule has 2 atom stereocenters. The topological polar surface area (TPSA) is 50.5 Å². The molecular weight excluding hydrogens is 262 g/mol. The zero-order valence-electron chi connectivity index (χ0n) is 13.6. The van der Waals surface area contributed by atoms with Crippen LogP contribution < -0.4 is 16.0 Å². The molecule has 0 bridgehead atoms. The van der Waals surface area contributed by atoms with E-state index >= 15 is 0 Å². The normalized spacial score (nSPS) is 20.2. The van der Waals surface area contributed by atoms with Crippen LogP contribution in [-0.4, -0.2) is 36.7 Å². The summed E-state index contributed by atoms with van der Waals surface area (Å²) in [4.78, 5) is 2.59. The average Bonchev–Trinajstić information content (AvgIpc) is 3.07. The van der Waals surface area contributed by atoms with E-state index in [1.54, 1.807) is 7.11 Å². The third-order valence-corrected chi connectivity index (χ3v) is 5.07. The molecule has 1 aromatic rings. The highest BCUT2D eigenvalue weighted by atomic mass is 16.5. The number of methoxy groups -OCH3 is 1. The van der Waals surface area contributed by atoms with Crippen LogP contribution in [0.5, 0.6) is 5.75 Å². The predicted octanol–water partition coefficient (Wildman–Crippen LogP) is 2.33. The van der Waals surface area contributed by atoms with E-state index in [0.717, 1.165) is 18.6 Å². The van der Waals surface area contributed by atoms with Gasteiger partial charge in [-0.3, -0.25) is 16.2 Å². The average molecular weight is 291 g/mol. The van der Waals surface area contributed by atoms with E-state index in [4.69, 9.17) is 10.6 Å². The van der Waals surface area contributed by atoms with Crippen molar-refractivity contribution in [2.75, 3.05) is 20.2 Å². The lowest BCUT2D eigenvalue weighted by Crippen LogP contribution is -2.61. The highest BCUT2D eigenvalue weighted by Gasteiger charge is 2.38. The summed E-state index contributed by atoms with van der Waals surface area (Å²) in [5.41, 5.74) is 4.43.